The first-order chi connectivity index (χ1) is 10.4. The van der Waals surface area contributed by atoms with Crippen LogP contribution in [0.5, 0.6) is 0 Å². The average Bonchev–Trinajstić information content (AvgIpc) is 2.54. The molecule has 6 nitrogen and oxygen atoms in total. The van der Waals surface area contributed by atoms with E-state index in [1.54, 1.807) is 24.3 Å². The van der Waals surface area contributed by atoms with Gasteiger partial charge >= 0.3 is 5.97 Å². The lowest BCUT2D eigenvalue weighted by Gasteiger charge is -2.19. The minimum absolute atomic E-state index is 0.154. The largest absolute Gasteiger partial charge is 0.477 e. The quantitative estimate of drug-likeness (QED) is 0.912. The maximum atomic E-state index is 12.6. The number of carbonyl (C=O) groups is 1. The van der Waals surface area contributed by atoms with Crippen LogP contribution in [0.15, 0.2) is 47.5 Å². The molecule has 0 saturated carbocycles. The second-order valence-corrected chi connectivity index (χ2v) is 6.64. The van der Waals surface area contributed by atoms with Crippen molar-refractivity contribution in [1.29, 1.82) is 0 Å². The number of sulfonamides is 1. The fraction of sp³-hybridized carbons (Fsp3) is 0.200. The summed E-state index contributed by atoms with van der Waals surface area (Å²) in [5, 5.41) is 8.94. The molecule has 0 aliphatic rings. The third-order valence-electron chi connectivity index (χ3n) is 3.32. The van der Waals surface area contributed by atoms with Crippen molar-refractivity contribution in [1.82, 2.24) is 4.98 Å². The molecule has 0 aliphatic carbocycles. The molecule has 1 N–H and O–H groups in total. The van der Waals surface area contributed by atoms with Crippen LogP contribution in [0, 0.1) is 0 Å². The smallest absolute Gasteiger partial charge is 0.354 e. The van der Waals surface area contributed by atoms with Crippen molar-refractivity contribution in [3.63, 3.8) is 0 Å². The maximum absolute atomic E-state index is 12.6. The van der Waals surface area contributed by atoms with Crippen LogP contribution in [0.2, 0.25) is 0 Å². The molecule has 0 spiro atoms. The number of pyridine rings is 1. The molecule has 0 unspecified atom stereocenters. The molecular weight excluding hydrogens is 304 g/mol. The highest BCUT2D eigenvalue weighted by atomic mass is 32.2. The molecule has 0 aliphatic heterocycles. The zero-order valence-electron chi connectivity index (χ0n) is 12.2. The van der Waals surface area contributed by atoms with Gasteiger partial charge in [-0.15, -0.1) is 0 Å². The molecular formula is C15H16N2O4S. The number of hydrogen-bond acceptors (Lipinski definition) is 4. The first-order valence-corrected chi connectivity index (χ1v) is 8.07. The minimum atomic E-state index is -3.75. The molecule has 1 heterocycles. The molecule has 2 aromatic rings. The van der Waals surface area contributed by atoms with E-state index in [0.29, 0.717) is 0 Å². The van der Waals surface area contributed by atoms with Crippen molar-refractivity contribution >= 4 is 21.7 Å². The van der Waals surface area contributed by atoms with Crippen LogP contribution in [0.4, 0.5) is 5.69 Å². The van der Waals surface area contributed by atoms with Gasteiger partial charge in [0.05, 0.1) is 10.6 Å². The lowest BCUT2D eigenvalue weighted by atomic mass is 10.2. The van der Waals surface area contributed by atoms with E-state index in [4.69, 9.17) is 5.11 Å². The molecule has 0 saturated heterocycles. The van der Waals surface area contributed by atoms with Gasteiger partial charge in [-0.3, -0.25) is 4.31 Å². The zero-order chi connectivity index (χ0) is 16.3. The molecule has 0 bridgehead atoms. The summed E-state index contributed by atoms with van der Waals surface area (Å²) in [6, 6.07) is 9.28. The normalized spacial score (nSPS) is 11.2. The monoisotopic (exact) mass is 320 g/mol. The Labute approximate surface area is 129 Å². The Hall–Kier alpha value is -2.41. The van der Waals surface area contributed by atoms with Gasteiger partial charge in [0.15, 0.2) is 0 Å². The number of aromatic nitrogens is 1. The Kier molecular flexibility index (Phi) is 4.46. The summed E-state index contributed by atoms with van der Waals surface area (Å²) in [6.07, 6.45) is 2.09. The van der Waals surface area contributed by atoms with Crippen LogP contribution in [0.1, 0.15) is 23.0 Å². The number of nitrogens with zero attached hydrogens (tertiary/aromatic N) is 2. The van der Waals surface area contributed by atoms with E-state index in [2.05, 4.69) is 4.98 Å². The molecule has 116 valence electrons. The number of hydrogen-bond donors (Lipinski definition) is 1. The minimum Gasteiger partial charge on any atom is -0.477 e. The van der Waals surface area contributed by atoms with Gasteiger partial charge in [-0.1, -0.05) is 19.1 Å². The first-order valence-electron chi connectivity index (χ1n) is 6.63. The van der Waals surface area contributed by atoms with E-state index in [9.17, 15) is 13.2 Å². The van der Waals surface area contributed by atoms with Crippen LogP contribution >= 0.6 is 0 Å². The van der Waals surface area contributed by atoms with E-state index < -0.39 is 16.0 Å². The number of rotatable bonds is 5. The van der Waals surface area contributed by atoms with Gasteiger partial charge in [-0.2, -0.15) is 0 Å². The van der Waals surface area contributed by atoms with Gasteiger partial charge in [0.25, 0.3) is 10.0 Å². The van der Waals surface area contributed by atoms with E-state index in [-0.39, 0.29) is 16.3 Å². The Morgan fingerprint density at radius 2 is 1.86 bits per heavy atom. The molecule has 0 amide bonds. The Morgan fingerprint density at radius 3 is 2.41 bits per heavy atom. The molecule has 0 atom stereocenters. The summed E-state index contributed by atoms with van der Waals surface area (Å²) >= 11 is 0. The van der Waals surface area contributed by atoms with Crippen molar-refractivity contribution in [2.45, 2.75) is 18.2 Å². The Bertz CT molecular complexity index is 785. The van der Waals surface area contributed by atoms with Gasteiger partial charge in [-0.05, 0) is 36.2 Å². The van der Waals surface area contributed by atoms with E-state index in [0.717, 1.165) is 16.3 Å². The van der Waals surface area contributed by atoms with Gasteiger partial charge in [0, 0.05) is 13.2 Å². The molecule has 0 fully saturated rings. The number of aryl methyl sites for hydroxylation is 1. The summed E-state index contributed by atoms with van der Waals surface area (Å²) < 4.78 is 26.2. The highest BCUT2D eigenvalue weighted by Gasteiger charge is 2.22. The number of anilines is 1. The van der Waals surface area contributed by atoms with Crippen molar-refractivity contribution in [2.24, 2.45) is 0 Å². The lowest BCUT2D eigenvalue weighted by molar-refractivity contribution is 0.0690. The number of aromatic carboxylic acids is 1. The van der Waals surface area contributed by atoms with Crippen LogP contribution in [-0.2, 0) is 16.4 Å². The van der Waals surface area contributed by atoms with E-state index >= 15 is 0 Å². The molecule has 1 aromatic carbocycles. The number of carboxylic acids is 1. The summed E-state index contributed by atoms with van der Waals surface area (Å²) in [4.78, 5) is 14.8. The fourth-order valence-corrected chi connectivity index (χ4v) is 3.11. The summed E-state index contributed by atoms with van der Waals surface area (Å²) in [7, 11) is -2.37. The second kappa shape index (κ2) is 6.15. The molecule has 22 heavy (non-hydrogen) atoms. The highest BCUT2D eigenvalue weighted by molar-refractivity contribution is 7.92. The second-order valence-electron chi connectivity index (χ2n) is 4.67. The molecule has 2 rings (SSSR count). The summed E-state index contributed by atoms with van der Waals surface area (Å²) in [6.45, 7) is 1.99. The first kappa shape index (κ1) is 16.0. The van der Waals surface area contributed by atoms with Crippen LogP contribution in [-0.4, -0.2) is 31.5 Å². The van der Waals surface area contributed by atoms with Crippen LogP contribution < -0.4 is 4.31 Å². The van der Waals surface area contributed by atoms with Crippen molar-refractivity contribution in [2.75, 3.05) is 11.4 Å². The Balaban J connectivity index is 2.39. The Morgan fingerprint density at radius 1 is 1.23 bits per heavy atom. The molecule has 1 aromatic heterocycles. The SMILES string of the molecule is CCc1ccc(S(=O)(=O)N(C)c2ccnc(C(=O)O)c2)cc1. The fourth-order valence-electron chi connectivity index (χ4n) is 1.93. The predicted molar refractivity (Wildman–Crippen MR) is 82.6 cm³/mol. The van der Waals surface area contributed by atoms with Gasteiger partial charge in [0.2, 0.25) is 0 Å². The van der Waals surface area contributed by atoms with E-state index in [1.807, 2.05) is 6.92 Å². The van der Waals surface area contributed by atoms with E-state index in [1.165, 1.54) is 25.4 Å². The number of benzene rings is 1. The standard InChI is InChI=1S/C15H16N2O4S/c1-3-11-4-6-13(7-5-11)22(20,21)17(2)12-8-9-16-14(10-12)15(18)19/h4-10H,3H2,1-2H3,(H,18,19). The van der Waals surface area contributed by atoms with Gasteiger partial charge in [-0.25, -0.2) is 18.2 Å². The molecule has 7 heteroatoms. The highest BCUT2D eigenvalue weighted by Crippen LogP contribution is 2.22. The van der Waals surface area contributed by atoms with Crippen LogP contribution in [0.25, 0.3) is 0 Å². The third kappa shape index (κ3) is 3.09. The van der Waals surface area contributed by atoms with Crippen molar-refractivity contribution in [3.05, 3.63) is 53.9 Å². The topological polar surface area (TPSA) is 87.6 Å². The lowest BCUT2D eigenvalue weighted by Crippen LogP contribution is -2.26. The van der Waals surface area contributed by atoms with Gasteiger partial charge < -0.3 is 5.11 Å². The zero-order valence-corrected chi connectivity index (χ0v) is 13.0. The number of carboxylic acid groups (broad SMARTS) is 1. The summed E-state index contributed by atoms with van der Waals surface area (Å²) in [5.74, 6) is -1.21. The molecule has 0 radical (unpaired) electrons. The maximum Gasteiger partial charge on any atom is 0.354 e. The average molecular weight is 320 g/mol. The van der Waals surface area contributed by atoms with Crippen LogP contribution in [0.3, 0.4) is 0 Å². The van der Waals surface area contributed by atoms with Crippen molar-refractivity contribution in [3.8, 4) is 0 Å². The van der Waals surface area contributed by atoms with Gasteiger partial charge in [0.1, 0.15) is 5.69 Å². The third-order valence-corrected chi connectivity index (χ3v) is 5.12. The predicted octanol–water partition coefficient (Wildman–Crippen LogP) is 2.17. The van der Waals surface area contributed by atoms with Crippen molar-refractivity contribution < 1.29 is 18.3 Å². The summed E-state index contributed by atoms with van der Waals surface area (Å²) in [5.41, 5.74) is 1.08.